The minimum absolute atomic E-state index is 0.252. The molecular weight excluding hydrogens is 488 g/mol. The highest BCUT2D eigenvalue weighted by molar-refractivity contribution is 7.90. The van der Waals surface area contributed by atoms with E-state index < -0.39 is 9.84 Å². The van der Waals surface area contributed by atoms with Crippen molar-refractivity contribution in [2.75, 3.05) is 24.3 Å². The van der Waals surface area contributed by atoms with E-state index in [-0.39, 0.29) is 17.3 Å². The Bertz CT molecular complexity index is 1420. The summed E-state index contributed by atoms with van der Waals surface area (Å²) in [7, 11) is -3.25. The van der Waals surface area contributed by atoms with Gasteiger partial charge in [0.05, 0.1) is 17.1 Å². The van der Waals surface area contributed by atoms with Crippen LogP contribution in [0.1, 0.15) is 71.2 Å². The van der Waals surface area contributed by atoms with Crippen LogP contribution in [0.15, 0.2) is 53.6 Å². The number of amides is 1. The van der Waals surface area contributed by atoms with E-state index in [2.05, 4.69) is 27.3 Å². The molecule has 1 N–H and O–H groups in total. The Hall–Kier alpha value is -3.46. The van der Waals surface area contributed by atoms with Crippen LogP contribution in [0, 0.1) is 0 Å². The van der Waals surface area contributed by atoms with E-state index in [9.17, 15) is 13.2 Å². The number of hydrogen-bond donors (Lipinski definition) is 1. The van der Waals surface area contributed by atoms with E-state index in [1.54, 1.807) is 36.5 Å². The van der Waals surface area contributed by atoms with Crippen molar-refractivity contribution in [3.63, 3.8) is 0 Å². The average Bonchev–Trinajstić information content (AvgIpc) is 3.79. The average molecular weight is 519 g/mol. The van der Waals surface area contributed by atoms with Crippen molar-refractivity contribution in [1.82, 2.24) is 15.3 Å². The number of nitrogens with one attached hydrogen (secondary N) is 1. The summed E-state index contributed by atoms with van der Waals surface area (Å²) >= 11 is 0. The minimum atomic E-state index is -3.25. The molecule has 192 valence electrons. The molecule has 0 bridgehead atoms. The molecule has 1 aromatic carbocycles. The van der Waals surface area contributed by atoms with Crippen molar-refractivity contribution in [3.8, 4) is 5.75 Å². The van der Waals surface area contributed by atoms with Gasteiger partial charge in [-0.25, -0.2) is 13.4 Å². The number of carbonyl (C=O) groups excluding carboxylic acids is 1. The van der Waals surface area contributed by atoms with Crippen LogP contribution in [0.5, 0.6) is 5.75 Å². The molecule has 0 atom stereocenters. The first-order valence-corrected chi connectivity index (χ1v) is 14.7. The quantitative estimate of drug-likeness (QED) is 0.492. The Morgan fingerprint density at radius 3 is 2.35 bits per heavy atom. The molecule has 0 radical (unpaired) electrons. The van der Waals surface area contributed by atoms with Crippen molar-refractivity contribution in [1.29, 1.82) is 0 Å². The third-order valence-corrected chi connectivity index (χ3v) is 8.22. The summed E-state index contributed by atoms with van der Waals surface area (Å²) in [6.45, 7) is 1.62. The molecule has 1 amide bonds. The van der Waals surface area contributed by atoms with Crippen molar-refractivity contribution in [2.45, 2.75) is 55.4 Å². The lowest BCUT2D eigenvalue weighted by atomic mass is 10.1. The number of carbonyl (C=O) groups is 1. The zero-order chi connectivity index (χ0) is 25.6. The number of benzene rings is 1. The molecule has 3 heterocycles. The van der Waals surface area contributed by atoms with Gasteiger partial charge in [-0.3, -0.25) is 9.78 Å². The molecule has 0 saturated heterocycles. The van der Waals surface area contributed by atoms with Gasteiger partial charge in [-0.1, -0.05) is 12.1 Å². The molecule has 2 aromatic heterocycles. The number of hydrogen-bond acceptors (Lipinski definition) is 7. The van der Waals surface area contributed by atoms with Gasteiger partial charge in [-0.05, 0) is 68.0 Å². The fourth-order valence-electron chi connectivity index (χ4n) is 4.66. The van der Waals surface area contributed by atoms with E-state index in [0.29, 0.717) is 29.8 Å². The third-order valence-electron chi connectivity index (χ3n) is 7.09. The number of pyridine rings is 2. The molecule has 3 aliphatic rings. The fourth-order valence-corrected chi connectivity index (χ4v) is 5.29. The molecule has 0 spiro atoms. The minimum Gasteiger partial charge on any atom is -0.490 e. The largest absolute Gasteiger partial charge is 0.490 e. The van der Waals surface area contributed by atoms with Gasteiger partial charge in [0.2, 0.25) is 0 Å². The maximum absolute atomic E-state index is 12.9. The lowest BCUT2D eigenvalue weighted by Crippen LogP contribution is -2.24. The first-order chi connectivity index (χ1) is 17.8. The molecule has 1 aliphatic heterocycles. The normalized spacial score (nSPS) is 17.5. The second kappa shape index (κ2) is 9.45. The number of nitrogens with zero attached hydrogens (tertiary/aromatic N) is 3. The Balaban J connectivity index is 1.22. The van der Waals surface area contributed by atoms with Crippen LogP contribution in [-0.2, 0) is 16.4 Å². The monoisotopic (exact) mass is 518 g/mol. The van der Waals surface area contributed by atoms with Gasteiger partial charge in [-0.15, -0.1) is 0 Å². The van der Waals surface area contributed by atoms with Crippen LogP contribution in [0.4, 0.5) is 11.5 Å². The van der Waals surface area contributed by atoms with E-state index in [1.165, 1.54) is 43.3 Å². The highest BCUT2D eigenvalue weighted by Gasteiger charge is 2.31. The predicted octanol–water partition coefficient (Wildman–Crippen LogP) is 4.49. The van der Waals surface area contributed by atoms with Gasteiger partial charge >= 0.3 is 0 Å². The second-order valence-electron chi connectivity index (χ2n) is 10.2. The lowest BCUT2D eigenvalue weighted by Gasteiger charge is -2.24. The number of sulfone groups is 1. The van der Waals surface area contributed by atoms with E-state index in [0.717, 1.165) is 30.0 Å². The van der Waals surface area contributed by atoms with Crippen LogP contribution in [0.25, 0.3) is 0 Å². The van der Waals surface area contributed by atoms with Gasteiger partial charge in [-0.2, -0.15) is 0 Å². The maximum Gasteiger partial charge on any atom is 0.253 e. The summed E-state index contributed by atoms with van der Waals surface area (Å²) in [6.07, 6.45) is 8.44. The van der Waals surface area contributed by atoms with E-state index in [4.69, 9.17) is 9.72 Å². The molecule has 8 nitrogen and oxygen atoms in total. The number of rotatable bonds is 7. The molecule has 6 rings (SSSR count). The fraction of sp³-hybridized carbons (Fsp3) is 0.393. The molecule has 2 fully saturated rings. The molecule has 2 aliphatic carbocycles. The van der Waals surface area contributed by atoms with Crippen LogP contribution in [0.2, 0.25) is 0 Å². The highest BCUT2D eigenvalue weighted by Crippen LogP contribution is 2.46. The zero-order valence-corrected chi connectivity index (χ0v) is 21.6. The molecule has 9 heteroatoms. The SMILES string of the molecule is CS(=O)(=O)c1ccc(CNC(=O)c2cnc3c(c2)OCCCN3c2cc(C3CC3)nc(C3CC3)c2)cc1. The Kier molecular flexibility index (Phi) is 6.10. The number of anilines is 2. The summed E-state index contributed by atoms with van der Waals surface area (Å²) < 4.78 is 29.3. The topological polar surface area (TPSA) is 101 Å². The number of ether oxygens (including phenoxy) is 1. The van der Waals surface area contributed by atoms with Gasteiger partial charge in [0.1, 0.15) is 0 Å². The number of aromatic nitrogens is 2. The van der Waals surface area contributed by atoms with Crippen molar-refractivity contribution in [2.24, 2.45) is 0 Å². The third kappa shape index (κ3) is 5.32. The smallest absolute Gasteiger partial charge is 0.253 e. The Morgan fingerprint density at radius 1 is 1.05 bits per heavy atom. The van der Waals surface area contributed by atoms with E-state index in [1.807, 2.05) is 0 Å². The lowest BCUT2D eigenvalue weighted by molar-refractivity contribution is 0.0950. The van der Waals surface area contributed by atoms with Crippen molar-refractivity contribution < 1.29 is 17.9 Å². The highest BCUT2D eigenvalue weighted by atomic mass is 32.2. The van der Waals surface area contributed by atoms with Crippen molar-refractivity contribution >= 4 is 27.2 Å². The van der Waals surface area contributed by atoms with Crippen LogP contribution < -0.4 is 15.0 Å². The molecule has 2 saturated carbocycles. The van der Waals surface area contributed by atoms with Gasteiger partial charge in [0.25, 0.3) is 5.91 Å². The number of fused-ring (bicyclic) bond motifs is 1. The Morgan fingerprint density at radius 2 is 1.73 bits per heavy atom. The predicted molar refractivity (Wildman–Crippen MR) is 140 cm³/mol. The maximum atomic E-state index is 12.9. The van der Waals surface area contributed by atoms with Gasteiger partial charge in [0.15, 0.2) is 21.4 Å². The first-order valence-electron chi connectivity index (χ1n) is 12.8. The van der Waals surface area contributed by atoms with Crippen LogP contribution >= 0.6 is 0 Å². The summed E-state index contributed by atoms with van der Waals surface area (Å²) in [5.41, 5.74) is 4.70. The zero-order valence-electron chi connectivity index (χ0n) is 20.8. The van der Waals surface area contributed by atoms with Crippen molar-refractivity contribution in [3.05, 3.63) is 71.2 Å². The van der Waals surface area contributed by atoms with Gasteiger partial charge < -0.3 is 15.0 Å². The summed E-state index contributed by atoms with van der Waals surface area (Å²) in [6, 6.07) is 12.7. The summed E-state index contributed by atoms with van der Waals surface area (Å²) in [4.78, 5) is 25.0. The van der Waals surface area contributed by atoms with E-state index >= 15 is 0 Å². The van der Waals surface area contributed by atoms with Crippen LogP contribution in [-0.4, -0.2) is 43.7 Å². The molecule has 3 aromatic rings. The molecular formula is C28H30N4O4S. The standard InChI is InChI=1S/C28H30N4O4S/c1-37(34,35)23-9-3-18(4-10-23)16-30-28(33)21-13-26-27(29-17-21)32(11-2-12-36-26)22-14-24(19-5-6-19)31-25(15-22)20-7-8-20/h3-4,9-10,13-15,17,19-20H,2,5-8,11-12,16H2,1H3,(H,30,33). The first kappa shape index (κ1) is 23.9. The summed E-state index contributed by atoms with van der Waals surface area (Å²) in [5, 5.41) is 2.89. The molecule has 0 unspecified atom stereocenters. The van der Waals surface area contributed by atoms with Gasteiger partial charge in [0, 0.05) is 54.5 Å². The molecule has 37 heavy (non-hydrogen) atoms. The second-order valence-corrected chi connectivity index (χ2v) is 12.2. The Labute approximate surface area is 217 Å². The summed E-state index contributed by atoms with van der Waals surface area (Å²) in [5.74, 6) is 2.20. The van der Waals surface area contributed by atoms with Crippen LogP contribution in [0.3, 0.4) is 0 Å².